The van der Waals surface area contributed by atoms with Crippen LogP contribution in [0.1, 0.15) is 23.0 Å². The van der Waals surface area contributed by atoms with Crippen molar-refractivity contribution in [2.45, 2.75) is 13.8 Å². The summed E-state index contributed by atoms with van der Waals surface area (Å²) >= 11 is 6.15. The maximum absolute atomic E-state index is 12.6. The van der Waals surface area contributed by atoms with Gasteiger partial charge in [-0.15, -0.1) is 0 Å². The fraction of sp³-hybridized carbons (Fsp3) is 0.389. The van der Waals surface area contributed by atoms with Crippen molar-refractivity contribution < 1.29 is 4.79 Å². The molecule has 0 atom stereocenters. The fourth-order valence-corrected chi connectivity index (χ4v) is 3.11. The number of carbonyl (C=O) groups excluding carboxylic acids is 1. The van der Waals surface area contributed by atoms with E-state index in [9.17, 15) is 4.79 Å². The molecule has 0 aliphatic carbocycles. The molecule has 0 unspecified atom stereocenters. The van der Waals surface area contributed by atoms with E-state index in [0.29, 0.717) is 29.6 Å². The molecule has 25 heavy (non-hydrogen) atoms. The van der Waals surface area contributed by atoms with E-state index < -0.39 is 0 Å². The molecule has 1 saturated heterocycles. The predicted molar refractivity (Wildman–Crippen MR) is 101 cm³/mol. The van der Waals surface area contributed by atoms with Gasteiger partial charge in [0.05, 0.1) is 10.6 Å². The third-order valence-corrected chi connectivity index (χ3v) is 4.50. The van der Waals surface area contributed by atoms with Gasteiger partial charge >= 0.3 is 0 Å². The van der Waals surface area contributed by atoms with Crippen LogP contribution in [0.25, 0.3) is 0 Å². The van der Waals surface area contributed by atoms with Crippen LogP contribution in [0.3, 0.4) is 0 Å². The van der Waals surface area contributed by atoms with E-state index in [-0.39, 0.29) is 5.91 Å². The van der Waals surface area contributed by atoms with Crippen molar-refractivity contribution in [1.29, 1.82) is 0 Å². The van der Waals surface area contributed by atoms with Crippen LogP contribution in [0.4, 0.5) is 11.8 Å². The highest BCUT2D eigenvalue weighted by Gasteiger charge is 2.24. The predicted octanol–water partition coefficient (Wildman–Crippen LogP) is 2.83. The second kappa shape index (κ2) is 7.70. The van der Waals surface area contributed by atoms with Crippen LogP contribution < -0.4 is 10.2 Å². The molecule has 6 nitrogen and oxygen atoms in total. The Kier molecular flexibility index (Phi) is 5.38. The third-order valence-electron chi connectivity index (χ3n) is 4.17. The summed E-state index contributed by atoms with van der Waals surface area (Å²) in [4.78, 5) is 25.6. The van der Waals surface area contributed by atoms with Gasteiger partial charge < -0.3 is 15.1 Å². The number of nitrogens with one attached hydrogen (secondary N) is 1. The number of halogens is 1. The highest BCUT2D eigenvalue weighted by atomic mass is 35.5. The molecule has 2 heterocycles. The Labute approximate surface area is 152 Å². The number of anilines is 2. The van der Waals surface area contributed by atoms with Crippen molar-refractivity contribution >= 4 is 29.3 Å². The highest BCUT2D eigenvalue weighted by molar-refractivity contribution is 6.33. The lowest BCUT2D eigenvalue weighted by Crippen LogP contribution is -2.49. The average Bonchev–Trinajstić information content (AvgIpc) is 2.61. The van der Waals surface area contributed by atoms with Crippen molar-refractivity contribution in [2.75, 3.05) is 42.9 Å². The van der Waals surface area contributed by atoms with Crippen LogP contribution in [-0.4, -0.2) is 53.5 Å². The minimum absolute atomic E-state index is 0.0162. The molecule has 7 heteroatoms. The number of hydrogen-bond donors (Lipinski definition) is 1. The number of aryl methyl sites for hydroxylation is 1. The van der Waals surface area contributed by atoms with E-state index >= 15 is 0 Å². The van der Waals surface area contributed by atoms with E-state index in [2.05, 4.69) is 20.2 Å². The Bertz CT molecular complexity index is 759. The molecule has 1 aromatic carbocycles. The summed E-state index contributed by atoms with van der Waals surface area (Å²) in [6.45, 7) is 7.51. The van der Waals surface area contributed by atoms with Crippen LogP contribution in [0.15, 0.2) is 30.3 Å². The van der Waals surface area contributed by atoms with Crippen molar-refractivity contribution in [3.63, 3.8) is 0 Å². The summed E-state index contributed by atoms with van der Waals surface area (Å²) in [7, 11) is 0. The van der Waals surface area contributed by atoms with E-state index in [4.69, 9.17) is 11.6 Å². The van der Waals surface area contributed by atoms with Gasteiger partial charge in [-0.05, 0) is 26.0 Å². The molecular weight excluding hydrogens is 338 g/mol. The van der Waals surface area contributed by atoms with E-state index in [1.807, 2.05) is 36.9 Å². The minimum atomic E-state index is -0.0162. The van der Waals surface area contributed by atoms with Gasteiger partial charge in [0, 0.05) is 44.5 Å². The number of carbonyl (C=O) groups is 1. The van der Waals surface area contributed by atoms with Crippen molar-refractivity contribution in [3.05, 3.63) is 46.6 Å². The summed E-state index contributed by atoms with van der Waals surface area (Å²) in [5.41, 5.74) is 1.49. The molecule has 0 saturated carbocycles. The molecule has 0 bridgehead atoms. The third kappa shape index (κ3) is 4.02. The number of hydrogen-bond acceptors (Lipinski definition) is 5. The Morgan fingerprint density at radius 1 is 1.20 bits per heavy atom. The molecule has 1 fully saturated rings. The molecule has 3 rings (SSSR count). The van der Waals surface area contributed by atoms with E-state index in [1.54, 1.807) is 12.1 Å². The molecule has 0 spiro atoms. The van der Waals surface area contributed by atoms with Gasteiger partial charge in [0.25, 0.3) is 5.91 Å². The molecule has 132 valence electrons. The summed E-state index contributed by atoms with van der Waals surface area (Å²) < 4.78 is 0. The fourth-order valence-electron chi connectivity index (χ4n) is 2.89. The number of piperazine rings is 1. The second-order valence-corrected chi connectivity index (χ2v) is 6.39. The molecular formula is C18H22ClN5O. The zero-order valence-corrected chi connectivity index (χ0v) is 15.3. The lowest BCUT2D eigenvalue weighted by molar-refractivity contribution is 0.0746. The molecule has 1 N–H and O–H groups in total. The van der Waals surface area contributed by atoms with Gasteiger partial charge in [0.15, 0.2) is 0 Å². The van der Waals surface area contributed by atoms with Gasteiger partial charge in [-0.25, -0.2) is 4.98 Å². The normalized spacial score (nSPS) is 14.5. The van der Waals surface area contributed by atoms with Crippen LogP contribution in [0.2, 0.25) is 5.02 Å². The first-order valence-corrected chi connectivity index (χ1v) is 8.84. The number of rotatable bonds is 4. The lowest BCUT2D eigenvalue weighted by Gasteiger charge is -2.35. The van der Waals surface area contributed by atoms with Crippen molar-refractivity contribution in [3.8, 4) is 0 Å². The summed E-state index contributed by atoms with van der Waals surface area (Å²) in [5, 5.41) is 3.65. The standard InChI is InChI=1S/C18H22ClN5O/c1-3-20-18-21-13(2)12-16(22-18)23-8-10-24(11-9-23)17(25)14-6-4-5-7-15(14)19/h4-7,12H,3,8-11H2,1-2H3,(H,20,21,22). The van der Waals surface area contributed by atoms with Gasteiger partial charge in [-0.1, -0.05) is 23.7 Å². The Morgan fingerprint density at radius 3 is 2.60 bits per heavy atom. The van der Waals surface area contributed by atoms with Crippen LogP contribution in [0, 0.1) is 6.92 Å². The van der Waals surface area contributed by atoms with Crippen LogP contribution in [0.5, 0.6) is 0 Å². The first-order valence-electron chi connectivity index (χ1n) is 8.47. The minimum Gasteiger partial charge on any atom is -0.354 e. The Hall–Kier alpha value is -2.34. The zero-order valence-electron chi connectivity index (χ0n) is 14.5. The zero-order chi connectivity index (χ0) is 17.8. The van der Waals surface area contributed by atoms with Gasteiger partial charge in [0.2, 0.25) is 5.95 Å². The molecule has 1 amide bonds. The number of nitrogens with zero attached hydrogens (tertiary/aromatic N) is 4. The maximum atomic E-state index is 12.6. The topological polar surface area (TPSA) is 61.4 Å². The molecule has 1 aliphatic heterocycles. The van der Waals surface area contributed by atoms with E-state index in [0.717, 1.165) is 31.1 Å². The maximum Gasteiger partial charge on any atom is 0.255 e. The first-order chi connectivity index (χ1) is 12.1. The smallest absolute Gasteiger partial charge is 0.255 e. The molecule has 0 radical (unpaired) electrons. The lowest BCUT2D eigenvalue weighted by atomic mass is 10.2. The second-order valence-electron chi connectivity index (χ2n) is 5.98. The summed E-state index contributed by atoms with van der Waals surface area (Å²) in [6, 6.07) is 9.16. The van der Waals surface area contributed by atoms with Crippen molar-refractivity contribution in [2.24, 2.45) is 0 Å². The number of amides is 1. The summed E-state index contributed by atoms with van der Waals surface area (Å²) in [5.74, 6) is 1.53. The Morgan fingerprint density at radius 2 is 1.92 bits per heavy atom. The average molecular weight is 360 g/mol. The first kappa shape index (κ1) is 17.5. The Balaban J connectivity index is 1.68. The largest absolute Gasteiger partial charge is 0.354 e. The quantitative estimate of drug-likeness (QED) is 0.909. The number of aromatic nitrogens is 2. The van der Waals surface area contributed by atoms with Gasteiger partial charge in [-0.2, -0.15) is 4.98 Å². The highest BCUT2D eigenvalue weighted by Crippen LogP contribution is 2.20. The van der Waals surface area contributed by atoms with Crippen molar-refractivity contribution in [1.82, 2.24) is 14.9 Å². The van der Waals surface area contributed by atoms with Gasteiger partial charge in [-0.3, -0.25) is 4.79 Å². The molecule has 1 aromatic heterocycles. The monoisotopic (exact) mass is 359 g/mol. The molecule has 2 aromatic rings. The van der Waals surface area contributed by atoms with E-state index in [1.165, 1.54) is 0 Å². The van der Waals surface area contributed by atoms with Gasteiger partial charge in [0.1, 0.15) is 5.82 Å². The SMILES string of the molecule is CCNc1nc(C)cc(N2CCN(C(=O)c3ccccc3Cl)CC2)n1. The molecule has 1 aliphatic rings. The van der Waals surface area contributed by atoms with Crippen LogP contribution >= 0.6 is 11.6 Å². The van der Waals surface area contributed by atoms with Crippen LogP contribution in [-0.2, 0) is 0 Å². The number of benzene rings is 1. The summed E-state index contributed by atoms with van der Waals surface area (Å²) in [6.07, 6.45) is 0.